The van der Waals surface area contributed by atoms with Gasteiger partial charge in [0.05, 0.1) is 16.0 Å². The second-order valence-electron chi connectivity index (χ2n) is 4.49. The van der Waals surface area contributed by atoms with Crippen LogP contribution in [0.25, 0.3) is 11.0 Å². The van der Waals surface area contributed by atoms with E-state index in [1.54, 1.807) is 23.6 Å². The van der Waals surface area contributed by atoms with Crippen molar-refractivity contribution in [2.75, 3.05) is 5.73 Å². The van der Waals surface area contributed by atoms with E-state index in [-0.39, 0.29) is 11.7 Å². The van der Waals surface area contributed by atoms with E-state index in [2.05, 4.69) is 16.9 Å². The van der Waals surface area contributed by atoms with E-state index in [1.807, 2.05) is 9.95 Å². The number of anilines is 1. The van der Waals surface area contributed by atoms with Gasteiger partial charge in [-0.05, 0) is 18.2 Å². The minimum absolute atomic E-state index is 0.211. The molecule has 98 valence electrons. The second kappa shape index (κ2) is 4.62. The van der Waals surface area contributed by atoms with Crippen molar-refractivity contribution < 1.29 is 4.39 Å². The maximum absolute atomic E-state index is 13.3. The van der Waals surface area contributed by atoms with Gasteiger partial charge in [0.1, 0.15) is 5.82 Å². The van der Waals surface area contributed by atoms with E-state index in [9.17, 15) is 4.39 Å². The van der Waals surface area contributed by atoms with Gasteiger partial charge in [-0.15, -0.1) is 11.3 Å². The van der Waals surface area contributed by atoms with Gasteiger partial charge in [0.25, 0.3) is 0 Å². The summed E-state index contributed by atoms with van der Waals surface area (Å²) in [7, 11) is 0. The lowest BCUT2D eigenvalue weighted by Crippen LogP contribution is -2.09. The van der Waals surface area contributed by atoms with Crippen molar-refractivity contribution >= 4 is 28.3 Å². The first-order chi connectivity index (χ1) is 9.15. The third-order valence-electron chi connectivity index (χ3n) is 3.07. The molecule has 0 radical (unpaired) electrons. The van der Waals surface area contributed by atoms with E-state index in [1.165, 1.54) is 12.1 Å². The van der Waals surface area contributed by atoms with Crippen LogP contribution in [0.2, 0.25) is 0 Å². The van der Waals surface area contributed by atoms with Crippen molar-refractivity contribution in [3.63, 3.8) is 0 Å². The average Bonchev–Trinajstić information content (AvgIpc) is 2.99. The highest BCUT2D eigenvalue weighted by molar-refractivity contribution is 7.09. The van der Waals surface area contributed by atoms with Crippen LogP contribution in [0.3, 0.4) is 0 Å². The van der Waals surface area contributed by atoms with Gasteiger partial charge in [-0.2, -0.15) is 0 Å². The SMILES string of the molecule is CC(Cn1c(N)nc2ccc(F)cc21)c1nccs1. The van der Waals surface area contributed by atoms with Crippen molar-refractivity contribution in [1.29, 1.82) is 0 Å². The predicted molar refractivity (Wildman–Crippen MR) is 74.6 cm³/mol. The number of hydrogen-bond donors (Lipinski definition) is 1. The first-order valence-corrected chi connectivity index (χ1v) is 6.84. The van der Waals surface area contributed by atoms with E-state index in [0.29, 0.717) is 18.0 Å². The fourth-order valence-corrected chi connectivity index (χ4v) is 2.83. The molecule has 19 heavy (non-hydrogen) atoms. The number of fused-ring (bicyclic) bond motifs is 1. The molecule has 3 aromatic rings. The normalized spacial score (nSPS) is 12.9. The Kier molecular flexibility index (Phi) is 2.94. The lowest BCUT2D eigenvalue weighted by Gasteiger charge is -2.11. The Morgan fingerprint density at radius 2 is 2.32 bits per heavy atom. The van der Waals surface area contributed by atoms with Gasteiger partial charge in [-0.3, -0.25) is 0 Å². The monoisotopic (exact) mass is 276 g/mol. The van der Waals surface area contributed by atoms with Crippen LogP contribution in [-0.2, 0) is 6.54 Å². The number of halogens is 1. The molecular formula is C13H13FN4S. The highest BCUT2D eigenvalue weighted by Crippen LogP contribution is 2.25. The summed E-state index contributed by atoms with van der Waals surface area (Å²) < 4.78 is 15.2. The number of nitrogens with two attached hydrogens (primary N) is 1. The molecule has 0 fully saturated rings. The van der Waals surface area contributed by atoms with E-state index < -0.39 is 0 Å². The molecule has 1 unspecified atom stereocenters. The van der Waals surface area contributed by atoms with Gasteiger partial charge in [0, 0.05) is 24.0 Å². The average molecular weight is 276 g/mol. The van der Waals surface area contributed by atoms with E-state index in [4.69, 9.17) is 5.73 Å². The van der Waals surface area contributed by atoms with Gasteiger partial charge in [-0.25, -0.2) is 14.4 Å². The molecule has 0 aliphatic rings. The minimum atomic E-state index is -0.282. The summed E-state index contributed by atoms with van der Waals surface area (Å²) in [4.78, 5) is 8.54. The lowest BCUT2D eigenvalue weighted by molar-refractivity contribution is 0.607. The maximum Gasteiger partial charge on any atom is 0.201 e. The zero-order chi connectivity index (χ0) is 13.4. The number of thiazole rings is 1. The Morgan fingerprint density at radius 3 is 3.05 bits per heavy atom. The number of nitrogen functional groups attached to an aromatic ring is 1. The highest BCUT2D eigenvalue weighted by Gasteiger charge is 2.14. The number of aromatic nitrogens is 3. The third-order valence-corrected chi connectivity index (χ3v) is 4.08. The summed E-state index contributed by atoms with van der Waals surface area (Å²) in [6.07, 6.45) is 1.78. The first-order valence-electron chi connectivity index (χ1n) is 5.96. The third kappa shape index (κ3) is 2.19. The fourth-order valence-electron chi connectivity index (χ4n) is 2.14. The van der Waals surface area contributed by atoms with Crippen LogP contribution in [0.5, 0.6) is 0 Å². The summed E-state index contributed by atoms with van der Waals surface area (Å²) in [6.45, 7) is 2.71. The topological polar surface area (TPSA) is 56.7 Å². The molecule has 0 bridgehead atoms. The molecule has 0 aliphatic heterocycles. The highest BCUT2D eigenvalue weighted by atomic mass is 32.1. The van der Waals surface area contributed by atoms with Crippen LogP contribution in [0, 0.1) is 5.82 Å². The number of imidazole rings is 1. The minimum Gasteiger partial charge on any atom is -0.369 e. The van der Waals surface area contributed by atoms with E-state index >= 15 is 0 Å². The van der Waals surface area contributed by atoms with E-state index in [0.717, 1.165) is 10.5 Å². The van der Waals surface area contributed by atoms with Crippen LogP contribution in [0.4, 0.5) is 10.3 Å². The number of nitrogens with zero attached hydrogens (tertiary/aromatic N) is 3. The van der Waals surface area contributed by atoms with Crippen molar-refractivity contribution in [1.82, 2.24) is 14.5 Å². The molecule has 0 amide bonds. The molecule has 0 saturated heterocycles. The first kappa shape index (κ1) is 12.1. The Morgan fingerprint density at radius 1 is 1.47 bits per heavy atom. The molecule has 2 aromatic heterocycles. The zero-order valence-electron chi connectivity index (χ0n) is 10.4. The molecule has 6 heteroatoms. The Hall–Kier alpha value is -1.95. The number of hydrogen-bond acceptors (Lipinski definition) is 4. The molecule has 2 N–H and O–H groups in total. The number of rotatable bonds is 3. The van der Waals surface area contributed by atoms with Crippen LogP contribution in [0.1, 0.15) is 17.8 Å². The summed E-state index contributed by atoms with van der Waals surface area (Å²) in [6, 6.07) is 4.50. The molecule has 0 saturated carbocycles. The molecule has 2 heterocycles. The fraction of sp³-hybridized carbons (Fsp3) is 0.231. The lowest BCUT2D eigenvalue weighted by atomic mass is 10.2. The van der Waals surface area contributed by atoms with Gasteiger partial charge in [0.15, 0.2) is 0 Å². The van der Waals surface area contributed by atoms with Gasteiger partial charge in [-0.1, -0.05) is 6.92 Å². The van der Waals surface area contributed by atoms with Gasteiger partial charge < -0.3 is 10.3 Å². The predicted octanol–water partition coefficient (Wildman–Crippen LogP) is 3.02. The van der Waals surface area contributed by atoms with Crippen LogP contribution in [0.15, 0.2) is 29.8 Å². The summed E-state index contributed by atoms with van der Waals surface area (Å²) >= 11 is 1.61. The number of benzene rings is 1. The standard InChI is InChI=1S/C13H13FN4S/c1-8(12-16-4-5-19-12)7-18-11-6-9(14)2-3-10(11)17-13(18)15/h2-6,8H,7H2,1H3,(H2,15,17). The Labute approximate surface area is 113 Å². The summed E-state index contributed by atoms with van der Waals surface area (Å²) in [5.41, 5.74) is 7.35. The molecule has 1 aromatic carbocycles. The zero-order valence-corrected chi connectivity index (χ0v) is 11.2. The smallest absolute Gasteiger partial charge is 0.201 e. The Bertz CT molecular complexity index is 705. The van der Waals surface area contributed by atoms with Crippen molar-refractivity contribution in [2.45, 2.75) is 19.4 Å². The molecular weight excluding hydrogens is 263 g/mol. The van der Waals surface area contributed by atoms with Gasteiger partial charge in [0.2, 0.25) is 5.95 Å². The molecule has 4 nitrogen and oxygen atoms in total. The largest absolute Gasteiger partial charge is 0.369 e. The van der Waals surface area contributed by atoms with Crippen molar-refractivity contribution in [2.24, 2.45) is 0 Å². The maximum atomic E-state index is 13.3. The molecule has 0 aliphatic carbocycles. The van der Waals surface area contributed by atoms with Crippen LogP contribution >= 0.6 is 11.3 Å². The quantitative estimate of drug-likeness (QED) is 0.800. The van der Waals surface area contributed by atoms with Crippen LogP contribution in [-0.4, -0.2) is 14.5 Å². The summed E-state index contributed by atoms with van der Waals surface area (Å²) in [5.74, 6) is 0.336. The van der Waals surface area contributed by atoms with Crippen LogP contribution < -0.4 is 5.73 Å². The molecule has 1 atom stereocenters. The van der Waals surface area contributed by atoms with Crippen molar-refractivity contribution in [3.05, 3.63) is 40.6 Å². The Balaban J connectivity index is 2.00. The second-order valence-corrected chi connectivity index (χ2v) is 5.41. The summed E-state index contributed by atoms with van der Waals surface area (Å²) in [5, 5.41) is 2.98. The molecule has 0 spiro atoms. The van der Waals surface area contributed by atoms with Crippen molar-refractivity contribution in [3.8, 4) is 0 Å². The van der Waals surface area contributed by atoms with Gasteiger partial charge >= 0.3 is 0 Å². The molecule has 3 rings (SSSR count).